The van der Waals surface area contributed by atoms with E-state index in [1.54, 1.807) is 18.2 Å². The second kappa shape index (κ2) is 11.2. The third-order valence-corrected chi connectivity index (χ3v) is 11.7. The number of nitrogens with zero attached hydrogens (tertiary/aromatic N) is 3. The van der Waals surface area contributed by atoms with Crippen molar-refractivity contribution >= 4 is 38.9 Å². The maximum absolute atomic E-state index is 13.9. The standard InChI is InChI=1S/C31H41F2N5O4S/c1-20(19-39)43(41,42)36-23-3-4-24(25(18-23)21-5-8-30(9-6-21)10-11-30)29(40)35-26-17-22-7-14-37(2)27(22)28(34-26)38-15-12-31(32,33)13-16-38/h3-4,17-18,20-21,36,39H,5-16,19H2,1-2H3,(H,34,35,40)/t20-/m0/s1. The quantitative estimate of drug-likeness (QED) is 0.377. The molecule has 1 aromatic carbocycles. The van der Waals surface area contributed by atoms with Crippen LogP contribution < -0.4 is 19.8 Å². The summed E-state index contributed by atoms with van der Waals surface area (Å²) in [6.45, 7) is 2.10. The third-order valence-electron chi connectivity index (χ3n) is 9.97. The molecule has 2 aliphatic carbocycles. The van der Waals surface area contributed by atoms with Gasteiger partial charge in [-0.15, -0.1) is 0 Å². The third kappa shape index (κ3) is 6.18. The van der Waals surface area contributed by atoms with Crippen molar-refractivity contribution in [3.05, 3.63) is 41.0 Å². The van der Waals surface area contributed by atoms with E-state index in [0.717, 1.165) is 55.5 Å². The molecule has 1 amide bonds. The van der Waals surface area contributed by atoms with Gasteiger partial charge in [0.2, 0.25) is 10.0 Å². The summed E-state index contributed by atoms with van der Waals surface area (Å²) in [6, 6.07) is 6.86. The number of halogens is 2. The van der Waals surface area contributed by atoms with Crippen molar-refractivity contribution in [1.82, 2.24) is 4.98 Å². The number of fused-ring (bicyclic) bond motifs is 1. The lowest BCUT2D eigenvalue weighted by Crippen LogP contribution is -2.40. The Hall–Kier alpha value is -2.99. The molecular formula is C31H41F2N5O4S. The Kier molecular flexibility index (Phi) is 7.81. The van der Waals surface area contributed by atoms with Gasteiger partial charge in [-0.05, 0) is 98.6 Å². The highest BCUT2D eigenvalue weighted by Crippen LogP contribution is 2.58. The second-order valence-corrected chi connectivity index (χ2v) is 15.1. The van der Waals surface area contributed by atoms with Crippen LogP contribution >= 0.6 is 0 Å². The fourth-order valence-electron chi connectivity index (χ4n) is 6.85. The minimum atomic E-state index is -3.80. The molecule has 2 aromatic rings. The fourth-order valence-corrected chi connectivity index (χ4v) is 7.70. The maximum atomic E-state index is 13.9. The molecule has 1 atom stereocenters. The van der Waals surface area contributed by atoms with E-state index in [4.69, 9.17) is 4.98 Å². The minimum Gasteiger partial charge on any atom is -0.395 e. The highest BCUT2D eigenvalue weighted by Gasteiger charge is 2.45. The number of carbonyl (C=O) groups is 1. The summed E-state index contributed by atoms with van der Waals surface area (Å²) >= 11 is 0. The molecule has 3 heterocycles. The number of aromatic nitrogens is 1. The average molecular weight is 618 g/mol. The predicted octanol–water partition coefficient (Wildman–Crippen LogP) is 5.12. The largest absolute Gasteiger partial charge is 0.395 e. The minimum absolute atomic E-state index is 0.110. The number of nitrogens with one attached hydrogen (secondary N) is 2. The average Bonchev–Trinajstić information content (AvgIpc) is 3.62. The summed E-state index contributed by atoms with van der Waals surface area (Å²) in [5.74, 6) is -1.91. The Morgan fingerprint density at radius 2 is 1.79 bits per heavy atom. The highest BCUT2D eigenvalue weighted by molar-refractivity contribution is 7.93. The van der Waals surface area contributed by atoms with Crippen molar-refractivity contribution in [2.75, 3.05) is 53.1 Å². The van der Waals surface area contributed by atoms with Gasteiger partial charge >= 0.3 is 0 Å². The Balaban J connectivity index is 1.29. The van der Waals surface area contributed by atoms with Crippen molar-refractivity contribution in [2.24, 2.45) is 5.41 Å². The first-order valence-electron chi connectivity index (χ1n) is 15.3. The number of alkyl halides is 2. The van der Waals surface area contributed by atoms with Gasteiger partial charge in [0.15, 0.2) is 5.82 Å². The molecule has 234 valence electrons. The number of amides is 1. The summed E-state index contributed by atoms with van der Waals surface area (Å²) in [4.78, 5) is 22.6. The van der Waals surface area contributed by atoms with Crippen molar-refractivity contribution < 1.29 is 27.1 Å². The van der Waals surface area contributed by atoms with E-state index >= 15 is 0 Å². The van der Waals surface area contributed by atoms with Crippen molar-refractivity contribution in [3.8, 4) is 0 Å². The number of aliphatic hydroxyl groups is 1. The van der Waals surface area contributed by atoms with Crippen LogP contribution in [0.3, 0.4) is 0 Å². The molecule has 3 N–H and O–H groups in total. The number of likely N-dealkylation sites (N-methyl/N-ethyl adjacent to an activating group) is 1. The van der Waals surface area contributed by atoms with Crippen LogP contribution in [0.1, 0.15) is 85.7 Å². The fraction of sp³-hybridized carbons (Fsp3) is 0.613. The zero-order chi connectivity index (χ0) is 30.6. The summed E-state index contributed by atoms with van der Waals surface area (Å²) in [6.07, 6.45) is 6.84. The zero-order valence-corrected chi connectivity index (χ0v) is 25.7. The van der Waals surface area contributed by atoms with Crippen LogP contribution in [0.4, 0.5) is 31.8 Å². The number of aliphatic hydroxyl groups excluding tert-OH is 1. The van der Waals surface area contributed by atoms with Gasteiger partial charge in [-0.25, -0.2) is 22.2 Å². The van der Waals surface area contributed by atoms with Gasteiger partial charge in [-0.1, -0.05) is 0 Å². The van der Waals surface area contributed by atoms with Gasteiger partial charge in [-0.3, -0.25) is 9.52 Å². The summed E-state index contributed by atoms with van der Waals surface area (Å²) in [7, 11) is -1.84. The Morgan fingerprint density at radius 3 is 2.44 bits per heavy atom. The first-order chi connectivity index (χ1) is 20.4. The maximum Gasteiger partial charge on any atom is 0.257 e. The first kappa shape index (κ1) is 30.1. The van der Waals surface area contributed by atoms with Gasteiger partial charge in [-0.2, -0.15) is 0 Å². The van der Waals surface area contributed by atoms with Crippen LogP contribution in [0.5, 0.6) is 0 Å². The van der Waals surface area contributed by atoms with Gasteiger partial charge < -0.3 is 20.2 Å². The monoisotopic (exact) mass is 617 g/mol. The Labute approximate surface area is 252 Å². The highest BCUT2D eigenvalue weighted by atomic mass is 32.2. The lowest BCUT2D eigenvalue weighted by molar-refractivity contribution is -0.0221. The molecule has 1 spiro atoms. The summed E-state index contributed by atoms with van der Waals surface area (Å²) < 4.78 is 55.8. The van der Waals surface area contributed by atoms with Crippen LogP contribution in [-0.4, -0.2) is 68.9 Å². The van der Waals surface area contributed by atoms with Crippen LogP contribution in [0.2, 0.25) is 0 Å². The molecule has 0 radical (unpaired) electrons. The summed E-state index contributed by atoms with van der Waals surface area (Å²) in [5, 5.41) is 11.4. The Bertz CT molecular complexity index is 1490. The molecule has 0 bridgehead atoms. The van der Waals surface area contributed by atoms with E-state index in [0.29, 0.717) is 28.3 Å². The number of sulfonamides is 1. The number of carbonyl (C=O) groups excluding carboxylic acids is 1. The number of anilines is 4. The van der Waals surface area contributed by atoms with Gasteiger partial charge in [0.1, 0.15) is 11.1 Å². The topological polar surface area (TPSA) is 115 Å². The van der Waals surface area contributed by atoms with Gasteiger partial charge in [0.05, 0.1) is 12.3 Å². The molecule has 0 unspecified atom stereocenters. The summed E-state index contributed by atoms with van der Waals surface area (Å²) in [5.41, 5.74) is 4.02. The van der Waals surface area contributed by atoms with Crippen LogP contribution in [0.25, 0.3) is 0 Å². The molecule has 2 aliphatic heterocycles. The van der Waals surface area contributed by atoms with E-state index < -0.39 is 27.8 Å². The van der Waals surface area contributed by atoms with Crippen LogP contribution in [-0.2, 0) is 16.4 Å². The number of hydrogen-bond donors (Lipinski definition) is 3. The molecule has 1 aromatic heterocycles. The van der Waals surface area contributed by atoms with Crippen molar-refractivity contribution in [1.29, 1.82) is 0 Å². The van der Waals surface area contributed by atoms with Crippen LogP contribution in [0.15, 0.2) is 24.3 Å². The lowest BCUT2D eigenvalue weighted by Gasteiger charge is -2.34. The lowest BCUT2D eigenvalue weighted by atomic mass is 9.75. The molecule has 43 heavy (non-hydrogen) atoms. The smallest absolute Gasteiger partial charge is 0.257 e. The van der Waals surface area contributed by atoms with E-state index in [1.165, 1.54) is 19.8 Å². The molecular weight excluding hydrogens is 576 g/mol. The number of piperidine rings is 1. The number of pyridine rings is 1. The predicted molar refractivity (Wildman–Crippen MR) is 164 cm³/mol. The van der Waals surface area contributed by atoms with E-state index in [9.17, 15) is 27.1 Å². The van der Waals surface area contributed by atoms with Crippen molar-refractivity contribution in [3.63, 3.8) is 0 Å². The number of rotatable bonds is 8. The second-order valence-electron chi connectivity index (χ2n) is 13.0. The van der Waals surface area contributed by atoms with Gasteiger partial charge in [0, 0.05) is 50.8 Å². The molecule has 4 aliphatic rings. The van der Waals surface area contributed by atoms with E-state index in [-0.39, 0.29) is 37.8 Å². The molecule has 6 rings (SSSR count). The molecule has 3 fully saturated rings. The first-order valence-corrected chi connectivity index (χ1v) is 16.9. The van der Waals surface area contributed by atoms with E-state index in [1.807, 2.05) is 18.0 Å². The number of benzene rings is 1. The Morgan fingerprint density at radius 1 is 1.09 bits per heavy atom. The zero-order valence-electron chi connectivity index (χ0n) is 24.8. The van der Waals surface area contributed by atoms with Crippen molar-refractivity contribution in [2.45, 2.75) is 81.8 Å². The SMILES string of the molecule is C[C@@H](CO)S(=O)(=O)Nc1ccc(C(=O)Nc2cc3c(c(N4CCC(F)(F)CC4)n2)N(C)CC3)c(C2CCC3(CC2)CC3)c1. The van der Waals surface area contributed by atoms with E-state index in [2.05, 4.69) is 14.9 Å². The normalized spacial score (nSPS) is 21.9. The molecule has 2 saturated carbocycles. The number of hydrogen-bond acceptors (Lipinski definition) is 7. The molecule has 12 heteroatoms. The van der Waals surface area contributed by atoms with Crippen LogP contribution in [0, 0.1) is 5.41 Å². The molecule has 9 nitrogen and oxygen atoms in total. The molecule has 1 saturated heterocycles. The van der Waals surface area contributed by atoms with Gasteiger partial charge in [0.25, 0.3) is 11.8 Å².